The maximum atomic E-state index is 12.1. The minimum atomic E-state index is -0.343. The van der Waals surface area contributed by atoms with Gasteiger partial charge in [-0.05, 0) is 18.2 Å². The third kappa shape index (κ3) is 5.07. The number of rotatable bonds is 8. The Morgan fingerprint density at radius 2 is 1.80 bits per heavy atom. The second-order valence-corrected chi connectivity index (χ2v) is 7.38. The van der Waals surface area contributed by atoms with E-state index >= 15 is 0 Å². The van der Waals surface area contributed by atoms with Gasteiger partial charge in [-0.3, -0.25) is 4.79 Å². The average Bonchev–Trinajstić information content (AvgIpc) is 3.22. The fourth-order valence-corrected chi connectivity index (χ4v) is 3.38. The highest BCUT2D eigenvalue weighted by Gasteiger charge is 2.18. The number of aromatic nitrogens is 3. The van der Waals surface area contributed by atoms with Gasteiger partial charge in [0.1, 0.15) is 0 Å². The third-order valence-corrected chi connectivity index (χ3v) is 5.02. The molecule has 0 saturated heterocycles. The number of carbonyl (C=O) groups is 1. The van der Waals surface area contributed by atoms with Crippen LogP contribution in [0, 0.1) is 0 Å². The van der Waals surface area contributed by atoms with Gasteiger partial charge in [-0.1, -0.05) is 35.0 Å². The minimum absolute atomic E-state index is 0.0114. The molecule has 30 heavy (non-hydrogen) atoms. The summed E-state index contributed by atoms with van der Waals surface area (Å²) >= 11 is 12.8. The van der Waals surface area contributed by atoms with Gasteiger partial charge in [0.2, 0.25) is 17.5 Å². The van der Waals surface area contributed by atoms with E-state index < -0.39 is 0 Å². The van der Waals surface area contributed by atoms with Crippen molar-refractivity contribution in [3.63, 3.8) is 0 Å². The number of halogens is 2. The molecule has 0 spiro atoms. The SMILES string of the molecule is COc1cc(-c2nnc(SCC(=O)Nc3ncc(Cl)cc3Cl)o2)cc(OC)c1OC. The molecule has 0 saturated carbocycles. The van der Waals surface area contributed by atoms with E-state index in [-0.39, 0.29) is 33.6 Å². The lowest BCUT2D eigenvalue weighted by Crippen LogP contribution is -2.15. The Morgan fingerprint density at radius 1 is 1.10 bits per heavy atom. The van der Waals surface area contributed by atoms with Gasteiger partial charge in [0.05, 0.1) is 37.1 Å². The summed E-state index contributed by atoms with van der Waals surface area (Å²) in [6, 6.07) is 4.86. The zero-order valence-corrected chi connectivity index (χ0v) is 18.4. The number of ether oxygens (including phenoxy) is 3. The van der Waals surface area contributed by atoms with Crippen LogP contribution in [0.4, 0.5) is 5.82 Å². The quantitative estimate of drug-likeness (QED) is 0.484. The first-order chi connectivity index (χ1) is 14.4. The summed E-state index contributed by atoms with van der Waals surface area (Å²) in [5, 5.41) is 11.4. The van der Waals surface area contributed by atoms with Crippen LogP contribution in [0.2, 0.25) is 10.0 Å². The molecule has 3 aromatic rings. The van der Waals surface area contributed by atoms with Crippen molar-refractivity contribution < 1.29 is 23.4 Å². The van der Waals surface area contributed by atoms with Crippen LogP contribution in [0.15, 0.2) is 34.0 Å². The largest absolute Gasteiger partial charge is 0.493 e. The number of benzene rings is 1. The fourth-order valence-electron chi connectivity index (χ4n) is 2.39. The van der Waals surface area contributed by atoms with E-state index in [4.69, 9.17) is 41.8 Å². The predicted octanol–water partition coefficient (Wildman–Crippen LogP) is 4.20. The number of pyridine rings is 1. The number of thioether (sulfide) groups is 1. The predicted molar refractivity (Wildman–Crippen MR) is 113 cm³/mol. The molecule has 3 rings (SSSR count). The number of amides is 1. The van der Waals surface area contributed by atoms with Gasteiger partial charge in [0.15, 0.2) is 17.3 Å². The third-order valence-electron chi connectivity index (χ3n) is 3.71. The molecule has 2 aromatic heterocycles. The second kappa shape index (κ2) is 9.88. The van der Waals surface area contributed by atoms with Gasteiger partial charge >= 0.3 is 0 Å². The Hall–Kier alpha value is -2.69. The Bertz CT molecular complexity index is 1040. The molecule has 0 fully saturated rings. The highest BCUT2D eigenvalue weighted by molar-refractivity contribution is 7.99. The molecule has 0 aliphatic rings. The Kier molecular flexibility index (Phi) is 7.24. The van der Waals surface area contributed by atoms with Gasteiger partial charge in [-0.25, -0.2) is 4.98 Å². The molecule has 0 aliphatic carbocycles. The number of nitrogens with zero attached hydrogens (tertiary/aromatic N) is 3. The van der Waals surface area contributed by atoms with E-state index in [0.29, 0.717) is 27.8 Å². The maximum absolute atomic E-state index is 12.1. The molecule has 0 aliphatic heterocycles. The molecule has 0 radical (unpaired) electrons. The normalized spacial score (nSPS) is 10.6. The van der Waals surface area contributed by atoms with Crippen molar-refractivity contribution in [1.29, 1.82) is 0 Å². The molecule has 0 unspecified atom stereocenters. The number of carbonyl (C=O) groups excluding carboxylic acids is 1. The van der Waals surface area contributed by atoms with Gasteiger partial charge in [0.25, 0.3) is 5.22 Å². The zero-order chi connectivity index (χ0) is 21.7. The molecular formula is C18H16Cl2N4O5S. The number of anilines is 1. The van der Waals surface area contributed by atoms with Crippen molar-refractivity contribution in [2.24, 2.45) is 0 Å². The van der Waals surface area contributed by atoms with Crippen molar-refractivity contribution in [1.82, 2.24) is 15.2 Å². The maximum Gasteiger partial charge on any atom is 0.277 e. The molecule has 1 N–H and O–H groups in total. The van der Waals surface area contributed by atoms with E-state index in [1.165, 1.54) is 33.6 Å². The van der Waals surface area contributed by atoms with Crippen LogP contribution in [0.3, 0.4) is 0 Å². The smallest absolute Gasteiger partial charge is 0.277 e. The Labute approximate surface area is 186 Å². The Balaban J connectivity index is 1.68. The summed E-state index contributed by atoms with van der Waals surface area (Å²) in [6.45, 7) is 0. The van der Waals surface area contributed by atoms with Crippen molar-refractivity contribution in [2.45, 2.75) is 5.22 Å². The first-order valence-electron chi connectivity index (χ1n) is 8.32. The van der Waals surface area contributed by atoms with Crippen LogP contribution in [-0.2, 0) is 4.79 Å². The van der Waals surface area contributed by atoms with Crippen LogP contribution in [0.25, 0.3) is 11.5 Å². The van der Waals surface area contributed by atoms with E-state index in [9.17, 15) is 4.79 Å². The molecule has 1 aromatic carbocycles. The molecule has 1 amide bonds. The zero-order valence-electron chi connectivity index (χ0n) is 16.1. The van der Waals surface area contributed by atoms with Gasteiger partial charge in [-0.15, -0.1) is 10.2 Å². The van der Waals surface area contributed by atoms with Gasteiger partial charge < -0.3 is 23.9 Å². The summed E-state index contributed by atoms with van der Waals surface area (Å²) in [7, 11) is 4.53. The van der Waals surface area contributed by atoms with Crippen LogP contribution in [0.1, 0.15) is 0 Å². The Morgan fingerprint density at radius 3 is 2.40 bits per heavy atom. The molecular weight excluding hydrogens is 455 g/mol. The lowest BCUT2D eigenvalue weighted by molar-refractivity contribution is -0.113. The summed E-state index contributed by atoms with van der Waals surface area (Å²) in [5.74, 6) is 1.47. The van der Waals surface area contributed by atoms with Crippen LogP contribution < -0.4 is 19.5 Å². The van der Waals surface area contributed by atoms with Gasteiger partial charge in [-0.2, -0.15) is 0 Å². The topological polar surface area (TPSA) is 109 Å². The standard InChI is InChI=1S/C18H16Cl2N4O5S/c1-26-12-4-9(5-13(27-2)15(12)28-3)17-23-24-18(29-17)30-8-14(25)22-16-11(20)6-10(19)7-21-16/h4-7H,8H2,1-3H3,(H,21,22,25). The van der Waals surface area contributed by atoms with Gasteiger partial charge in [0, 0.05) is 11.8 Å². The van der Waals surface area contributed by atoms with E-state index in [0.717, 1.165) is 11.8 Å². The van der Waals surface area contributed by atoms with Crippen molar-refractivity contribution >= 4 is 46.7 Å². The molecule has 12 heteroatoms. The summed E-state index contributed by atoms with van der Waals surface area (Å²) in [6.07, 6.45) is 1.39. The van der Waals surface area contributed by atoms with Crippen molar-refractivity contribution in [2.75, 3.05) is 32.4 Å². The average molecular weight is 471 g/mol. The number of nitrogens with one attached hydrogen (secondary N) is 1. The first kappa shape index (κ1) is 22.0. The lowest BCUT2D eigenvalue weighted by Gasteiger charge is -2.12. The highest BCUT2D eigenvalue weighted by Crippen LogP contribution is 2.41. The number of hydrogen-bond donors (Lipinski definition) is 1. The van der Waals surface area contributed by atoms with Crippen LogP contribution >= 0.6 is 35.0 Å². The second-order valence-electron chi connectivity index (χ2n) is 5.61. The van der Waals surface area contributed by atoms with Crippen LogP contribution in [0.5, 0.6) is 17.2 Å². The molecule has 0 atom stereocenters. The highest BCUT2D eigenvalue weighted by atomic mass is 35.5. The van der Waals surface area contributed by atoms with Crippen molar-refractivity contribution in [3.8, 4) is 28.7 Å². The number of hydrogen-bond acceptors (Lipinski definition) is 9. The van der Waals surface area contributed by atoms with Crippen molar-refractivity contribution in [3.05, 3.63) is 34.4 Å². The number of methoxy groups -OCH3 is 3. The monoisotopic (exact) mass is 470 g/mol. The minimum Gasteiger partial charge on any atom is -0.493 e. The molecule has 2 heterocycles. The van der Waals surface area contributed by atoms with E-state index in [1.54, 1.807) is 12.1 Å². The molecule has 9 nitrogen and oxygen atoms in total. The summed E-state index contributed by atoms with van der Waals surface area (Å²) in [5.41, 5.74) is 0.574. The summed E-state index contributed by atoms with van der Waals surface area (Å²) < 4.78 is 21.6. The first-order valence-corrected chi connectivity index (χ1v) is 10.1. The molecule has 158 valence electrons. The van der Waals surface area contributed by atoms with E-state index in [1.807, 2.05) is 0 Å². The fraction of sp³-hybridized carbons (Fsp3) is 0.222. The lowest BCUT2D eigenvalue weighted by atomic mass is 10.2. The molecule has 0 bridgehead atoms. The van der Waals surface area contributed by atoms with E-state index in [2.05, 4.69) is 20.5 Å². The van der Waals surface area contributed by atoms with Crippen LogP contribution in [-0.4, -0.2) is 48.2 Å². The summed E-state index contributed by atoms with van der Waals surface area (Å²) in [4.78, 5) is 16.1.